The molecule has 6 nitrogen and oxygen atoms in total. The number of pyridine rings is 1. The van der Waals surface area contributed by atoms with Gasteiger partial charge >= 0.3 is 0 Å². The molecule has 0 atom stereocenters. The molecule has 0 aliphatic heterocycles. The lowest BCUT2D eigenvalue weighted by atomic mass is 10.1. The van der Waals surface area contributed by atoms with Crippen LogP contribution in [-0.2, 0) is 17.8 Å². The maximum Gasteiger partial charge on any atom is 0.222 e. The first-order chi connectivity index (χ1) is 13.5. The Bertz CT molecular complexity index is 1160. The minimum atomic E-state index is -0.392. The highest BCUT2D eigenvalue weighted by Gasteiger charge is 2.17. The second kappa shape index (κ2) is 7.36. The maximum atomic E-state index is 11.5. The molecule has 0 unspecified atom stereocenters. The van der Waals surface area contributed by atoms with Gasteiger partial charge in [0.2, 0.25) is 5.91 Å². The van der Waals surface area contributed by atoms with E-state index in [-0.39, 0.29) is 6.42 Å². The monoisotopic (exact) mass is 392 g/mol. The molecule has 4 N–H and O–H groups in total. The van der Waals surface area contributed by atoms with Gasteiger partial charge in [-0.3, -0.25) is 9.20 Å². The summed E-state index contributed by atoms with van der Waals surface area (Å²) in [6.07, 6.45) is 3.91. The van der Waals surface area contributed by atoms with E-state index in [4.69, 9.17) is 16.2 Å². The van der Waals surface area contributed by atoms with Gasteiger partial charge < -0.3 is 16.2 Å². The van der Waals surface area contributed by atoms with Crippen molar-refractivity contribution in [1.29, 1.82) is 0 Å². The van der Waals surface area contributed by atoms with E-state index in [1.165, 1.54) is 11.3 Å². The molecule has 4 rings (SSSR count). The van der Waals surface area contributed by atoms with Crippen molar-refractivity contribution < 1.29 is 9.53 Å². The van der Waals surface area contributed by atoms with Crippen LogP contribution in [0, 0.1) is 6.92 Å². The summed E-state index contributed by atoms with van der Waals surface area (Å²) < 4.78 is 8.07. The summed E-state index contributed by atoms with van der Waals surface area (Å²) in [5, 5.41) is 0. The Morgan fingerprint density at radius 1 is 1.25 bits per heavy atom. The molecule has 142 valence electrons. The number of nitrogens with two attached hydrogens (primary N) is 2. The number of carbonyl (C=O) groups excluding carboxylic acids is 1. The summed E-state index contributed by atoms with van der Waals surface area (Å²) in [6, 6.07) is 13.5. The smallest absolute Gasteiger partial charge is 0.222 e. The molecule has 1 aromatic carbocycles. The predicted octanol–water partition coefficient (Wildman–Crippen LogP) is 3.56. The first-order valence-corrected chi connectivity index (χ1v) is 9.65. The number of fused-ring (bicyclic) bond motifs is 1. The zero-order valence-corrected chi connectivity index (χ0v) is 16.2. The minimum Gasteiger partial charge on any atom is -0.488 e. The Kier molecular flexibility index (Phi) is 4.75. The van der Waals surface area contributed by atoms with Crippen molar-refractivity contribution in [1.82, 2.24) is 9.38 Å². The van der Waals surface area contributed by atoms with Crippen molar-refractivity contribution in [2.24, 2.45) is 5.73 Å². The number of rotatable bonds is 6. The third-order valence-corrected chi connectivity index (χ3v) is 5.78. The fraction of sp³-hybridized carbons (Fsp3) is 0.143. The summed E-state index contributed by atoms with van der Waals surface area (Å²) in [6.45, 7) is 2.34. The van der Waals surface area contributed by atoms with E-state index in [1.807, 2.05) is 66.2 Å². The summed E-state index contributed by atoms with van der Waals surface area (Å²) in [7, 11) is 0. The van der Waals surface area contributed by atoms with Crippen molar-refractivity contribution in [3.05, 3.63) is 70.9 Å². The second-order valence-corrected chi connectivity index (χ2v) is 7.67. The van der Waals surface area contributed by atoms with Crippen molar-refractivity contribution in [2.75, 3.05) is 5.73 Å². The summed E-state index contributed by atoms with van der Waals surface area (Å²) >= 11 is 1.49. The van der Waals surface area contributed by atoms with Crippen LogP contribution in [0.15, 0.2) is 54.9 Å². The van der Waals surface area contributed by atoms with Gasteiger partial charge in [-0.2, -0.15) is 0 Å². The number of amides is 1. The number of benzene rings is 1. The number of imidazole rings is 1. The first kappa shape index (κ1) is 18.1. The molecular weight excluding hydrogens is 372 g/mol. The number of ether oxygens (including phenoxy) is 1. The molecule has 0 aliphatic rings. The highest BCUT2D eigenvalue weighted by Crippen LogP contribution is 2.37. The molecule has 1 amide bonds. The van der Waals surface area contributed by atoms with E-state index in [9.17, 15) is 4.79 Å². The molecule has 3 aromatic heterocycles. The Labute approximate surface area is 166 Å². The number of nitrogens with zero attached hydrogens (tertiary/aromatic N) is 2. The van der Waals surface area contributed by atoms with Gasteiger partial charge in [0.15, 0.2) is 0 Å². The van der Waals surface area contributed by atoms with Crippen LogP contribution in [0.5, 0.6) is 5.75 Å². The molecular formula is C21H20N4O2S. The van der Waals surface area contributed by atoms with E-state index < -0.39 is 5.91 Å². The predicted molar refractivity (Wildman–Crippen MR) is 111 cm³/mol. The molecule has 0 spiro atoms. The van der Waals surface area contributed by atoms with Gasteiger partial charge in [0.05, 0.1) is 28.1 Å². The zero-order chi connectivity index (χ0) is 19.7. The van der Waals surface area contributed by atoms with Crippen LogP contribution < -0.4 is 16.2 Å². The topological polar surface area (TPSA) is 95.6 Å². The number of hydrogen-bond donors (Lipinski definition) is 2. The van der Waals surface area contributed by atoms with E-state index in [1.54, 1.807) is 0 Å². The molecule has 0 bridgehead atoms. The SMILES string of the molecule is Cc1c(N)cccc1COc1cc(-c2cnc3ccccn23)sc1CC(N)=O. The standard InChI is InChI=1S/C21H20N4O2S/c1-13-14(5-4-6-15(13)22)12-27-17-9-18(28-19(17)10-20(23)26)16-11-24-21-7-2-3-8-25(16)21/h2-9,11H,10,12,22H2,1H3,(H2,23,26). The van der Waals surface area contributed by atoms with Crippen LogP contribution in [0.3, 0.4) is 0 Å². The Morgan fingerprint density at radius 3 is 2.93 bits per heavy atom. The van der Waals surface area contributed by atoms with E-state index in [0.29, 0.717) is 12.4 Å². The van der Waals surface area contributed by atoms with Crippen molar-refractivity contribution in [2.45, 2.75) is 20.0 Å². The quantitative estimate of drug-likeness (QED) is 0.491. The van der Waals surface area contributed by atoms with Crippen LogP contribution >= 0.6 is 11.3 Å². The van der Waals surface area contributed by atoms with Crippen molar-refractivity contribution >= 4 is 28.6 Å². The van der Waals surface area contributed by atoms with Crippen LogP contribution in [0.1, 0.15) is 16.0 Å². The highest BCUT2D eigenvalue weighted by atomic mass is 32.1. The summed E-state index contributed by atoms with van der Waals surface area (Å²) in [5.41, 5.74) is 16.0. The van der Waals surface area contributed by atoms with E-state index >= 15 is 0 Å². The first-order valence-electron chi connectivity index (χ1n) is 8.83. The number of aromatic nitrogens is 2. The third kappa shape index (κ3) is 3.44. The van der Waals surface area contributed by atoms with Gasteiger partial charge in [0.1, 0.15) is 18.0 Å². The van der Waals surface area contributed by atoms with Crippen LogP contribution in [0.2, 0.25) is 0 Å². The van der Waals surface area contributed by atoms with Crippen LogP contribution in [-0.4, -0.2) is 15.3 Å². The Balaban J connectivity index is 1.68. The van der Waals surface area contributed by atoms with Gasteiger partial charge in [-0.15, -0.1) is 11.3 Å². The van der Waals surface area contributed by atoms with Gasteiger partial charge in [-0.1, -0.05) is 18.2 Å². The number of carbonyl (C=O) groups is 1. The molecule has 7 heteroatoms. The van der Waals surface area contributed by atoms with Crippen LogP contribution in [0.4, 0.5) is 5.69 Å². The van der Waals surface area contributed by atoms with Gasteiger partial charge in [-0.05, 0) is 36.2 Å². The third-order valence-electron chi connectivity index (χ3n) is 4.65. The molecule has 0 fully saturated rings. The van der Waals surface area contributed by atoms with Gasteiger partial charge in [0.25, 0.3) is 0 Å². The summed E-state index contributed by atoms with van der Waals surface area (Å²) in [5.74, 6) is 0.267. The van der Waals surface area contributed by atoms with Crippen molar-refractivity contribution in [3.8, 4) is 16.3 Å². The molecule has 28 heavy (non-hydrogen) atoms. The highest BCUT2D eigenvalue weighted by molar-refractivity contribution is 7.15. The number of anilines is 1. The van der Waals surface area contributed by atoms with Crippen molar-refractivity contribution in [3.63, 3.8) is 0 Å². The largest absolute Gasteiger partial charge is 0.488 e. The normalized spacial score (nSPS) is 11.0. The lowest BCUT2D eigenvalue weighted by Crippen LogP contribution is -2.13. The fourth-order valence-corrected chi connectivity index (χ4v) is 4.19. The van der Waals surface area contributed by atoms with E-state index in [2.05, 4.69) is 4.98 Å². The molecule has 3 heterocycles. The summed E-state index contributed by atoms with van der Waals surface area (Å²) in [4.78, 5) is 17.7. The number of nitrogen functional groups attached to an aromatic ring is 1. The average Bonchev–Trinajstić information content (AvgIpc) is 3.26. The number of thiophene rings is 1. The molecule has 0 saturated heterocycles. The lowest BCUT2D eigenvalue weighted by Gasteiger charge is -2.10. The second-order valence-electron chi connectivity index (χ2n) is 6.53. The number of primary amides is 1. The van der Waals surface area contributed by atoms with E-state index in [0.717, 1.165) is 37.9 Å². The molecule has 0 radical (unpaired) electrons. The van der Waals surface area contributed by atoms with Gasteiger partial charge in [0, 0.05) is 18.0 Å². The lowest BCUT2D eigenvalue weighted by molar-refractivity contribution is -0.117. The Hall–Kier alpha value is -3.32. The number of hydrogen-bond acceptors (Lipinski definition) is 5. The fourth-order valence-electron chi connectivity index (χ4n) is 3.07. The molecule has 0 aliphatic carbocycles. The minimum absolute atomic E-state index is 0.132. The zero-order valence-electron chi connectivity index (χ0n) is 15.4. The average molecular weight is 392 g/mol. The molecule has 0 saturated carbocycles. The Morgan fingerprint density at radius 2 is 2.11 bits per heavy atom. The van der Waals surface area contributed by atoms with Crippen LogP contribution in [0.25, 0.3) is 16.2 Å². The maximum absolute atomic E-state index is 11.5. The van der Waals surface area contributed by atoms with Gasteiger partial charge in [-0.25, -0.2) is 4.98 Å². The molecule has 4 aromatic rings.